The molecule has 198 valence electrons. The lowest BCUT2D eigenvalue weighted by Crippen LogP contribution is -1.98. The molecule has 0 radical (unpaired) electrons. The highest BCUT2D eigenvalue weighted by molar-refractivity contribution is 9.10. The molecular formula is C34H27BrN2O3. The highest BCUT2D eigenvalue weighted by Crippen LogP contribution is 2.42. The molecule has 0 spiro atoms. The Hall–Kier alpha value is -4.60. The predicted octanol–water partition coefficient (Wildman–Crippen LogP) is 9.20. The van der Waals surface area contributed by atoms with Gasteiger partial charge in [-0.2, -0.15) is 5.26 Å². The average molecular weight is 592 g/mol. The fourth-order valence-electron chi connectivity index (χ4n) is 4.28. The van der Waals surface area contributed by atoms with Crippen LogP contribution in [-0.2, 0) is 6.61 Å². The first kappa shape index (κ1) is 27.0. The van der Waals surface area contributed by atoms with Gasteiger partial charge in [-0.15, -0.1) is 0 Å². The Labute approximate surface area is 242 Å². The zero-order valence-corrected chi connectivity index (χ0v) is 24.0. The van der Waals surface area contributed by atoms with Crippen molar-refractivity contribution in [2.45, 2.75) is 20.5 Å². The van der Waals surface area contributed by atoms with Gasteiger partial charge in [0.1, 0.15) is 24.0 Å². The lowest BCUT2D eigenvalue weighted by molar-refractivity contribution is 0.284. The minimum atomic E-state index is 0.253. The van der Waals surface area contributed by atoms with Crippen molar-refractivity contribution in [3.05, 3.63) is 123 Å². The van der Waals surface area contributed by atoms with Crippen molar-refractivity contribution in [2.24, 2.45) is 4.99 Å². The summed E-state index contributed by atoms with van der Waals surface area (Å²) in [4.78, 5) is 4.61. The first-order chi connectivity index (χ1) is 19.4. The van der Waals surface area contributed by atoms with E-state index in [4.69, 9.17) is 13.9 Å². The van der Waals surface area contributed by atoms with E-state index >= 15 is 0 Å². The molecule has 40 heavy (non-hydrogen) atoms. The van der Waals surface area contributed by atoms with Crippen LogP contribution in [0.5, 0.6) is 11.5 Å². The van der Waals surface area contributed by atoms with E-state index < -0.39 is 0 Å². The summed E-state index contributed by atoms with van der Waals surface area (Å²) in [6, 6.07) is 32.0. The van der Waals surface area contributed by atoms with Crippen LogP contribution in [0.3, 0.4) is 0 Å². The van der Waals surface area contributed by atoms with Crippen LogP contribution >= 0.6 is 15.9 Å². The molecule has 0 amide bonds. The molecule has 0 unspecified atom stereocenters. The zero-order valence-electron chi connectivity index (χ0n) is 22.4. The second kappa shape index (κ2) is 12.1. The number of aryl methyl sites for hydroxylation is 2. The number of furan rings is 1. The van der Waals surface area contributed by atoms with E-state index in [0.29, 0.717) is 29.4 Å². The lowest BCUT2D eigenvalue weighted by atomic mass is 9.97. The van der Waals surface area contributed by atoms with Gasteiger partial charge in [0.2, 0.25) is 5.88 Å². The van der Waals surface area contributed by atoms with Crippen LogP contribution in [0.15, 0.2) is 105 Å². The Kier molecular flexibility index (Phi) is 8.14. The zero-order chi connectivity index (χ0) is 28.1. The Bertz CT molecular complexity index is 1700. The number of ether oxygens (including phenoxy) is 2. The maximum atomic E-state index is 10.2. The summed E-state index contributed by atoms with van der Waals surface area (Å²) < 4.78 is 18.9. The summed E-state index contributed by atoms with van der Waals surface area (Å²) in [6.45, 7) is 4.49. The average Bonchev–Trinajstić information content (AvgIpc) is 3.35. The molecule has 5 aromatic rings. The number of methoxy groups -OCH3 is 1. The van der Waals surface area contributed by atoms with Gasteiger partial charge in [-0.25, -0.2) is 4.99 Å². The number of hydrogen-bond donors (Lipinski definition) is 0. The number of hydrogen-bond acceptors (Lipinski definition) is 5. The van der Waals surface area contributed by atoms with Gasteiger partial charge in [-0.05, 0) is 60.9 Å². The van der Waals surface area contributed by atoms with Gasteiger partial charge in [0.15, 0.2) is 11.5 Å². The van der Waals surface area contributed by atoms with Crippen molar-refractivity contribution in [1.29, 1.82) is 5.26 Å². The molecule has 0 N–H and O–H groups in total. The van der Waals surface area contributed by atoms with E-state index in [0.717, 1.165) is 43.4 Å². The first-order valence-corrected chi connectivity index (χ1v) is 13.5. The molecule has 5 rings (SSSR count). The topological polar surface area (TPSA) is 67.8 Å². The van der Waals surface area contributed by atoms with Crippen LogP contribution in [0.2, 0.25) is 0 Å². The molecule has 4 aromatic carbocycles. The first-order valence-electron chi connectivity index (χ1n) is 12.8. The minimum Gasteiger partial charge on any atom is -0.493 e. The summed E-state index contributed by atoms with van der Waals surface area (Å²) in [7, 11) is 1.60. The van der Waals surface area contributed by atoms with Crippen LogP contribution in [0.25, 0.3) is 22.5 Å². The molecule has 0 fully saturated rings. The fraction of sp³-hybridized carbons (Fsp3) is 0.118. The highest BCUT2D eigenvalue weighted by Gasteiger charge is 2.22. The summed E-state index contributed by atoms with van der Waals surface area (Å²) in [5.74, 6) is 2.08. The maximum Gasteiger partial charge on any atom is 0.238 e. The van der Waals surface area contributed by atoms with Crippen molar-refractivity contribution < 1.29 is 13.9 Å². The Balaban J connectivity index is 1.47. The van der Waals surface area contributed by atoms with E-state index in [-0.39, 0.29) is 5.88 Å². The maximum absolute atomic E-state index is 10.2. The number of benzene rings is 4. The summed E-state index contributed by atoms with van der Waals surface area (Å²) in [6.07, 6.45) is 1.67. The SMILES string of the molecule is COc1cc(C=Nc2oc(-c3ccc(C)cc3)c(-c3ccc(C)cc3)c2C#N)ccc1OCc1ccc(Br)cc1. The van der Waals surface area contributed by atoms with Crippen molar-refractivity contribution in [1.82, 2.24) is 0 Å². The third-order valence-electron chi connectivity index (χ3n) is 6.48. The van der Waals surface area contributed by atoms with Crippen LogP contribution in [0.4, 0.5) is 5.88 Å². The quantitative estimate of drug-likeness (QED) is 0.169. The normalized spacial score (nSPS) is 11.0. The van der Waals surface area contributed by atoms with Crippen molar-refractivity contribution in [3.8, 4) is 40.0 Å². The standard InChI is InChI=1S/C34H27BrN2O3/c1-22-4-11-26(12-5-22)32-29(19-36)34(40-33(32)27-13-6-23(2)7-14-27)37-20-25-10-17-30(31(18-25)38-3)39-21-24-8-15-28(35)16-9-24/h4-18,20H,21H2,1-3H3. The molecular weight excluding hydrogens is 564 g/mol. The van der Waals surface area contributed by atoms with Gasteiger partial charge >= 0.3 is 0 Å². The van der Waals surface area contributed by atoms with Gasteiger partial charge in [0.25, 0.3) is 0 Å². The highest BCUT2D eigenvalue weighted by atomic mass is 79.9. The Morgan fingerprint density at radius 3 is 2.12 bits per heavy atom. The Morgan fingerprint density at radius 1 is 0.850 bits per heavy atom. The molecule has 0 aliphatic carbocycles. The van der Waals surface area contributed by atoms with Gasteiger partial charge < -0.3 is 13.9 Å². The van der Waals surface area contributed by atoms with Gasteiger partial charge in [0.05, 0.1) is 7.11 Å². The number of nitrogens with zero attached hydrogens (tertiary/aromatic N) is 2. The molecule has 5 nitrogen and oxygen atoms in total. The molecule has 0 bridgehead atoms. The number of halogens is 1. The summed E-state index contributed by atoms with van der Waals surface area (Å²) in [5.41, 5.74) is 7.01. The molecule has 0 saturated carbocycles. The summed E-state index contributed by atoms with van der Waals surface area (Å²) in [5, 5.41) is 10.2. The van der Waals surface area contributed by atoms with E-state index in [9.17, 15) is 5.26 Å². The number of nitriles is 1. The van der Waals surface area contributed by atoms with Gasteiger partial charge in [0, 0.05) is 21.8 Å². The molecule has 0 aliphatic rings. The number of aliphatic imine (C=N–C) groups is 1. The second-order valence-electron chi connectivity index (χ2n) is 9.41. The van der Waals surface area contributed by atoms with Gasteiger partial charge in [-0.3, -0.25) is 0 Å². The van der Waals surface area contributed by atoms with Crippen LogP contribution in [-0.4, -0.2) is 13.3 Å². The van der Waals surface area contributed by atoms with Gasteiger partial charge in [-0.1, -0.05) is 87.7 Å². The largest absolute Gasteiger partial charge is 0.493 e. The van der Waals surface area contributed by atoms with Crippen molar-refractivity contribution in [3.63, 3.8) is 0 Å². The third kappa shape index (κ3) is 6.01. The molecule has 0 saturated heterocycles. The minimum absolute atomic E-state index is 0.253. The van der Waals surface area contributed by atoms with E-state index in [1.807, 2.05) is 105 Å². The number of rotatable bonds is 8. The van der Waals surface area contributed by atoms with E-state index in [1.165, 1.54) is 0 Å². The van der Waals surface area contributed by atoms with Crippen molar-refractivity contribution >= 4 is 28.0 Å². The fourth-order valence-corrected chi connectivity index (χ4v) is 4.54. The van der Waals surface area contributed by atoms with E-state index in [1.54, 1.807) is 13.3 Å². The molecule has 1 heterocycles. The van der Waals surface area contributed by atoms with E-state index in [2.05, 4.69) is 27.0 Å². The van der Waals surface area contributed by atoms with Crippen LogP contribution in [0.1, 0.15) is 27.8 Å². The lowest BCUT2D eigenvalue weighted by Gasteiger charge is -2.11. The van der Waals surface area contributed by atoms with Crippen LogP contribution in [0, 0.1) is 25.2 Å². The monoisotopic (exact) mass is 590 g/mol. The Morgan fingerprint density at radius 2 is 1.50 bits per heavy atom. The molecule has 6 heteroatoms. The van der Waals surface area contributed by atoms with Crippen LogP contribution < -0.4 is 9.47 Å². The smallest absolute Gasteiger partial charge is 0.238 e. The molecule has 0 aliphatic heterocycles. The van der Waals surface area contributed by atoms with Crippen molar-refractivity contribution in [2.75, 3.05) is 7.11 Å². The predicted molar refractivity (Wildman–Crippen MR) is 162 cm³/mol. The molecule has 1 aromatic heterocycles. The summed E-state index contributed by atoms with van der Waals surface area (Å²) >= 11 is 3.45. The molecule has 0 atom stereocenters. The third-order valence-corrected chi connectivity index (χ3v) is 7.01. The second-order valence-corrected chi connectivity index (χ2v) is 10.3.